The summed E-state index contributed by atoms with van der Waals surface area (Å²) in [6.45, 7) is 10.7. The zero-order valence-corrected chi connectivity index (χ0v) is 15.1. The number of benzene rings is 1. The lowest BCUT2D eigenvalue weighted by molar-refractivity contribution is -0.107. The van der Waals surface area contributed by atoms with Crippen molar-refractivity contribution in [3.63, 3.8) is 0 Å². The Hall–Kier alpha value is -1.78. The van der Waals surface area contributed by atoms with Crippen LogP contribution in [-0.2, 0) is 6.54 Å². The number of likely N-dealkylation sites (tertiary alicyclic amines) is 1. The Bertz CT molecular complexity index is 710. The van der Waals surface area contributed by atoms with Gasteiger partial charge in [-0.05, 0) is 26.3 Å². The maximum Gasteiger partial charge on any atom is 0.143 e. The first kappa shape index (κ1) is 17.1. The van der Waals surface area contributed by atoms with Gasteiger partial charge in [-0.15, -0.1) is 0 Å². The normalized spacial score (nSPS) is 24.0. The first-order valence-electron chi connectivity index (χ1n) is 8.62. The Kier molecular flexibility index (Phi) is 4.45. The van der Waals surface area contributed by atoms with Crippen molar-refractivity contribution in [2.45, 2.75) is 46.3 Å². The summed E-state index contributed by atoms with van der Waals surface area (Å²) in [5, 5.41) is 10.6. The van der Waals surface area contributed by atoms with Crippen molar-refractivity contribution >= 4 is 0 Å². The lowest BCUT2D eigenvalue weighted by Crippen LogP contribution is -2.55. The van der Waals surface area contributed by atoms with Crippen LogP contribution < -0.4 is 0 Å². The van der Waals surface area contributed by atoms with Crippen LogP contribution in [0.4, 0.5) is 0 Å². The first-order valence-corrected chi connectivity index (χ1v) is 8.62. The molecule has 4 nitrogen and oxygen atoms in total. The summed E-state index contributed by atoms with van der Waals surface area (Å²) in [6, 6.07) is 12.3. The molecule has 1 aromatic carbocycles. The van der Waals surface area contributed by atoms with Crippen LogP contribution in [-0.4, -0.2) is 38.7 Å². The second-order valence-corrected chi connectivity index (χ2v) is 7.80. The highest BCUT2D eigenvalue weighted by Crippen LogP contribution is 2.38. The highest BCUT2D eigenvalue weighted by molar-refractivity contribution is 5.58. The molecule has 24 heavy (non-hydrogen) atoms. The van der Waals surface area contributed by atoms with E-state index in [4.69, 9.17) is 4.98 Å². The monoisotopic (exact) mass is 325 g/mol. The van der Waals surface area contributed by atoms with Gasteiger partial charge in [0.05, 0.1) is 17.8 Å². The van der Waals surface area contributed by atoms with Crippen LogP contribution in [0.3, 0.4) is 0 Å². The molecule has 2 heterocycles. The van der Waals surface area contributed by atoms with E-state index in [1.54, 1.807) is 0 Å². The first-order chi connectivity index (χ1) is 11.3. The smallest absolute Gasteiger partial charge is 0.143 e. The van der Waals surface area contributed by atoms with Gasteiger partial charge in [-0.2, -0.15) is 0 Å². The van der Waals surface area contributed by atoms with Gasteiger partial charge in [-0.1, -0.05) is 44.2 Å². The summed E-state index contributed by atoms with van der Waals surface area (Å²) in [7, 11) is 0. The average molecular weight is 325 g/mol. The number of hydrogen-bond donors (Lipinski definition) is 1. The number of piperidine rings is 1. The molecule has 1 aromatic heterocycles. The summed E-state index contributed by atoms with van der Waals surface area (Å²) in [4.78, 5) is 11.7. The lowest BCUT2D eigenvalue weighted by atomic mass is 9.71. The van der Waals surface area contributed by atoms with Crippen LogP contribution in [0, 0.1) is 12.3 Å². The van der Waals surface area contributed by atoms with E-state index >= 15 is 0 Å². The minimum Gasteiger partial charge on any atom is -0.390 e. The van der Waals surface area contributed by atoms with E-state index in [-0.39, 0.29) is 5.41 Å². The molecule has 0 radical (unpaired) electrons. The van der Waals surface area contributed by atoms with Crippen molar-refractivity contribution in [2.75, 3.05) is 13.1 Å². The van der Waals surface area contributed by atoms with Crippen LogP contribution in [0.2, 0.25) is 0 Å². The molecular weight excluding hydrogens is 298 g/mol. The van der Waals surface area contributed by atoms with Crippen molar-refractivity contribution in [3.05, 3.63) is 47.9 Å². The number of aromatic nitrogens is 2. The van der Waals surface area contributed by atoms with Crippen LogP contribution in [0.25, 0.3) is 11.3 Å². The second kappa shape index (κ2) is 6.26. The Morgan fingerprint density at radius 1 is 1.12 bits per heavy atom. The molecule has 0 bridgehead atoms. The fourth-order valence-corrected chi connectivity index (χ4v) is 3.32. The predicted molar refractivity (Wildman–Crippen MR) is 96.5 cm³/mol. The number of hydrogen-bond acceptors (Lipinski definition) is 4. The van der Waals surface area contributed by atoms with E-state index in [0.717, 1.165) is 48.8 Å². The summed E-state index contributed by atoms with van der Waals surface area (Å²) >= 11 is 0. The minimum absolute atomic E-state index is 0.142. The average Bonchev–Trinajstić information content (AvgIpc) is 2.51. The van der Waals surface area contributed by atoms with E-state index in [2.05, 4.69) is 35.9 Å². The van der Waals surface area contributed by atoms with Crippen molar-refractivity contribution < 1.29 is 5.11 Å². The van der Waals surface area contributed by atoms with Crippen LogP contribution in [0.15, 0.2) is 36.4 Å². The molecule has 0 amide bonds. The fraction of sp³-hybridized carbons (Fsp3) is 0.500. The maximum atomic E-state index is 10.6. The van der Waals surface area contributed by atoms with Crippen molar-refractivity contribution in [1.82, 2.24) is 14.9 Å². The van der Waals surface area contributed by atoms with Crippen molar-refractivity contribution in [2.24, 2.45) is 5.41 Å². The fourth-order valence-electron chi connectivity index (χ4n) is 3.32. The molecule has 2 aromatic rings. The summed E-state index contributed by atoms with van der Waals surface area (Å²) in [6.07, 6.45) is 0.775. The molecule has 1 aliphatic rings. The number of aryl methyl sites for hydroxylation is 1. The summed E-state index contributed by atoms with van der Waals surface area (Å²) in [5.41, 5.74) is 2.32. The minimum atomic E-state index is -0.619. The third-order valence-corrected chi connectivity index (χ3v) is 5.33. The van der Waals surface area contributed by atoms with Gasteiger partial charge in [0.15, 0.2) is 0 Å². The SMILES string of the molecule is Cc1cc(-c2ccccc2)nc(CN2CC[C@](C)(O)C(C)(C)C2)n1. The molecule has 1 saturated heterocycles. The lowest BCUT2D eigenvalue weighted by Gasteiger charge is -2.48. The van der Waals surface area contributed by atoms with Gasteiger partial charge in [0.2, 0.25) is 0 Å². The zero-order chi connectivity index (χ0) is 17.4. The van der Waals surface area contributed by atoms with Crippen molar-refractivity contribution in [3.8, 4) is 11.3 Å². The standard InChI is InChI=1S/C20H27N3O/c1-15-12-17(16-8-6-5-7-9-16)22-18(21-15)13-23-11-10-20(4,24)19(2,3)14-23/h5-9,12,24H,10-11,13-14H2,1-4H3/t20-/m0/s1. The van der Waals surface area contributed by atoms with Gasteiger partial charge in [-0.25, -0.2) is 9.97 Å². The zero-order valence-electron chi connectivity index (χ0n) is 15.1. The van der Waals surface area contributed by atoms with Gasteiger partial charge in [0.25, 0.3) is 0 Å². The Balaban J connectivity index is 1.80. The maximum absolute atomic E-state index is 10.6. The molecule has 1 fully saturated rings. The van der Waals surface area contributed by atoms with Crippen LogP contribution in [0.5, 0.6) is 0 Å². The van der Waals surface area contributed by atoms with Crippen molar-refractivity contribution in [1.29, 1.82) is 0 Å². The molecule has 0 spiro atoms. The Morgan fingerprint density at radius 2 is 1.83 bits per heavy atom. The molecule has 0 unspecified atom stereocenters. The molecule has 1 atom stereocenters. The van der Waals surface area contributed by atoms with E-state index in [1.807, 2.05) is 38.1 Å². The van der Waals surface area contributed by atoms with E-state index in [9.17, 15) is 5.11 Å². The number of aliphatic hydroxyl groups is 1. The molecule has 1 N–H and O–H groups in total. The number of rotatable bonds is 3. The number of nitrogens with zero attached hydrogens (tertiary/aromatic N) is 3. The quantitative estimate of drug-likeness (QED) is 0.939. The molecular formula is C20H27N3O. The third kappa shape index (κ3) is 3.50. The highest BCUT2D eigenvalue weighted by atomic mass is 16.3. The molecule has 0 saturated carbocycles. The summed E-state index contributed by atoms with van der Waals surface area (Å²) < 4.78 is 0. The molecule has 128 valence electrons. The van der Waals surface area contributed by atoms with Gasteiger partial charge >= 0.3 is 0 Å². The molecule has 0 aliphatic carbocycles. The highest BCUT2D eigenvalue weighted by Gasteiger charge is 2.43. The van der Waals surface area contributed by atoms with Crippen LogP contribution >= 0.6 is 0 Å². The Morgan fingerprint density at radius 3 is 2.50 bits per heavy atom. The van der Waals surface area contributed by atoms with E-state index in [0.29, 0.717) is 0 Å². The van der Waals surface area contributed by atoms with E-state index < -0.39 is 5.60 Å². The Labute approximate surface area is 144 Å². The largest absolute Gasteiger partial charge is 0.390 e. The van der Waals surface area contributed by atoms with Gasteiger partial charge in [0, 0.05) is 29.8 Å². The molecule has 3 rings (SSSR count). The molecule has 4 heteroatoms. The van der Waals surface area contributed by atoms with Gasteiger partial charge < -0.3 is 5.11 Å². The third-order valence-electron chi connectivity index (χ3n) is 5.33. The topological polar surface area (TPSA) is 49.2 Å². The second-order valence-electron chi connectivity index (χ2n) is 7.80. The summed E-state index contributed by atoms with van der Waals surface area (Å²) in [5.74, 6) is 0.853. The molecule has 1 aliphatic heterocycles. The van der Waals surface area contributed by atoms with E-state index in [1.165, 1.54) is 0 Å². The van der Waals surface area contributed by atoms with Gasteiger partial charge in [0.1, 0.15) is 5.82 Å². The van der Waals surface area contributed by atoms with Crippen LogP contribution in [0.1, 0.15) is 38.7 Å². The predicted octanol–water partition coefficient (Wildman–Crippen LogP) is 3.43. The van der Waals surface area contributed by atoms with Gasteiger partial charge in [-0.3, -0.25) is 4.90 Å².